The third-order valence-corrected chi connectivity index (χ3v) is 6.29. The maximum absolute atomic E-state index is 14.4. The Morgan fingerprint density at radius 1 is 1.26 bits per heavy atom. The Bertz CT molecular complexity index is 1220. The van der Waals surface area contributed by atoms with Crippen LogP contribution in [-0.2, 0) is 11.3 Å². The van der Waals surface area contributed by atoms with Gasteiger partial charge in [0, 0.05) is 17.0 Å². The van der Waals surface area contributed by atoms with E-state index in [1.807, 2.05) is 31.3 Å². The highest BCUT2D eigenvalue weighted by atomic mass is 19.2. The Hall–Kier alpha value is -3.50. The molecule has 1 aliphatic rings. The lowest BCUT2D eigenvalue weighted by Crippen LogP contribution is -2.34. The van der Waals surface area contributed by atoms with Crippen LogP contribution in [0.2, 0.25) is 0 Å². The van der Waals surface area contributed by atoms with E-state index in [4.69, 9.17) is 19.3 Å². The summed E-state index contributed by atoms with van der Waals surface area (Å²) in [5.74, 6) is -1.13. The first kappa shape index (κ1) is 24.6. The van der Waals surface area contributed by atoms with Gasteiger partial charge in [0.25, 0.3) is 0 Å². The monoisotopic (exact) mass is 487 g/mol. The summed E-state index contributed by atoms with van der Waals surface area (Å²) in [6, 6.07) is 9.68. The van der Waals surface area contributed by atoms with Crippen LogP contribution >= 0.6 is 0 Å². The lowest BCUT2D eigenvalue weighted by molar-refractivity contribution is 0.0269. The molecule has 0 aliphatic carbocycles. The zero-order valence-corrected chi connectivity index (χ0v) is 19.7. The number of nitrogens with zero attached hydrogens (tertiary/aromatic N) is 2. The van der Waals surface area contributed by atoms with Gasteiger partial charge in [-0.3, -0.25) is 4.90 Å². The molecule has 8 nitrogen and oxygen atoms in total. The van der Waals surface area contributed by atoms with E-state index in [2.05, 4.69) is 22.1 Å². The number of pyridine rings is 1. The van der Waals surface area contributed by atoms with Gasteiger partial charge in [0.1, 0.15) is 12.4 Å². The van der Waals surface area contributed by atoms with Crippen molar-refractivity contribution in [3.8, 4) is 11.6 Å². The Morgan fingerprint density at radius 3 is 2.60 bits per heavy atom. The van der Waals surface area contributed by atoms with E-state index in [0.717, 1.165) is 29.0 Å². The maximum Gasteiger partial charge on any atom is 0.404 e. The average molecular weight is 488 g/mol. The Labute approximate surface area is 201 Å². The molecule has 2 aromatic carbocycles. The van der Waals surface area contributed by atoms with Crippen LogP contribution in [0.3, 0.4) is 0 Å². The van der Waals surface area contributed by atoms with Gasteiger partial charge in [-0.25, -0.2) is 18.6 Å². The second kappa shape index (κ2) is 10.4. The minimum absolute atomic E-state index is 0.0144. The van der Waals surface area contributed by atoms with E-state index < -0.39 is 17.7 Å². The standard InChI is InChI=1S/C25H27F2N3O5/c1-14(15-4-6-16(33-3)7-5-15)30(2)22-13-34-12-21-23(22)17-10-19(26)20(27)11-18(17)24(29-21)35-9-8-28-25(31)32/h4-7,10-11,14,22,28H,8-9,12-13H2,1-3H3,(H,31,32)/t14-,22?/m1/s1. The third kappa shape index (κ3) is 5.13. The number of rotatable bonds is 8. The lowest BCUT2D eigenvalue weighted by atomic mass is 9.93. The van der Waals surface area contributed by atoms with E-state index in [1.54, 1.807) is 7.11 Å². The van der Waals surface area contributed by atoms with Crippen LogP contribution in [0.4, 0.5) is 13.6 Å². The molecule has 0 saturated carbocycles. The molecule has 0 radical (unpaired) electrons. The zero-order chi connectivity index (χ0) is 25.1. The number of aromatic nitrogens is 1. The molecule has 2 atom stereocenters. The van der Waals surface area contributed by atoms with Gasteiger partial charge in [0.2, 0.25) is 5.88 Å². The van der Waals surface area contributed by atoms with Gasteiger partial charge in [-0.15, -0.1) is 0 Å². The molecule has 35 heavy (non-hydrogen) atoms. The first-order chi connectivity index (χ1) is 16.8. The minimum atomic E-state index is -1.18. The highest BCUT2D eigenvalue weighted by Gasteiger charge is 2.32. The van der Waals surface area contributed by atoms with Crippen molar-refractivity contribution < 1.29 is 32.9 Å². The number of halogens is 2. The van der Waals surface area contributed by atoms with Crippen LogP contribution in [0.5, 0.6) is 11.6 Å². The molecule has 1 unspecified atom stereocenters. The highest BCUT2D eigenvalue weighted by molar-refractivity contribution is 5.91. The molecule has 0 spiro atoms. The molecule has 4 rings (SSSR count). The fourth-order valence-electron chi connectivity index (χ4n) is 4.30. The number of fused-ring (bicyclic) bond motifs is 3. The van der Waals surface area contributed by atoms with Crippen LogP contribution in [-0.4, -0.2) is 55.0 Å². The summed E-state index contributed by atoms with van der Waals surface area (Å²) in [5.41, 5.74) is 2.37. The molecule has 0 bridgehead atoms. The van der Waals surface area contributed by atoms with Crippen molar-refractivity contribution in [2.45, 2.75) is 25.6 Å². The van der Waals surface area contributed by atoms with Crippen molar-refractivity contribution in [1.29, 1.82) is 0 Å². The molecule has 2 heterocycles. The van der Waals surface area contributed by atoms with Gasteiger partial charge < -0.3 is 24.6 Å². The Balaban J connectivity index is 1.72. The number of hydrogen-bond acceptors (Lipinski definition) is 6. The van der Waals surface area contributed by atoms with Crippen molar-refractivity contribution in [2.75, 3.05) is 33.9 Å². The molecule has 1 aromatic heterocycles. The molecular weight excluding hydrogens is 460 g/mol. The predicted molar refractivity (Wildman–Crippen MR) is 125 cm³/mol. The number of benzene rings is 2. The number of hydrogen-bond donors (Lipinski definition) is 2. The number of nitrogens with one attached hydrogen (secondary N) is 1. The third-order valence-electron chi connectivity index (χ3n) is 6.29. The smallest absolute Gasteiger partial charge is 0.404 e. The largest absolute Gasteiger partial charge is 0.497 e. The Kier molecular flexibility index (Phi) is 7.32. The fourth-order valence-corrected chi connectivity index (χ4v) is 4.30. The average Bonchev–Trinajstić information content (AvgIpc) is 2.86. The molecule has 186 valence electrons. The summed E-state index contributed by atoms with van der Waals surface area (Å²) in [4.78, 5) is 17.4. The highest BCUT2D eigenvalue weighted by Crippen LogP contribution is 2.40. The van der Waals surface area contributed by atoms with E-state index in [1.165, 1.54) is 0 Å². The van der Waals surface area contributed by atoms with Crippen molar-refractivity contribution in [2.24, 2.45) is 0 Å². The first-order valence-electron chi connectivity index (χ1n) is 11.1. The summed E-state index contributed by atoms with van der Waals surface area (Å²) in [7, 11) is 3.56. The van der Waals surface area contributed by atoms with Crippen LogP contribution in [0.1, 0.15) is 35.8 Å². The topological polar surface area (TPSA) is 93.2 Å². The molecule has 10 heteroatoms. The van der Waals surface area contributed by atoms with Crippen LogP contribution < -0.4 is 14.8 Å². The van der Waals surface area contributed by atoms with E-state index in [-0.39, 0.29) is 37.7 Å². The van der Waals surface area contributed by atoms with E-state index in [0.29, 0.717) is 23.1 Å². The number of carboxylic acid groups (broad SMARTS) is 1. The summed E-state index contributed by atoms with van der Waals surface area (Å²) in [6.45, 7) is 2.59. The van der Waals surface area contributed by atoms with Gasteiger partial charge in [-0.05, 0) is 49.2 Å². The molecule has 1 aliphatic heterocycles. The number of likely N-dealkylation sites (N-methyl/N-ethyl adjacent to an activating group) is 1. The van der Waals surface area contributed by atoms with Crippen LogP contribution in [0.25, 0.3) is 10.8 Å². The summed E-state index contributed by atoms with van der Waals surface area (Å²) >= 11 is 0. The summed E-state index contributed by atoms with van der Waals surface area (Å²) < 4.78 is 45.4. The van der Waals surface area contributed by atoms with Gasteiger partial charge in [-0.2, -0.15) is 0 Å². The van der Waals surface area contributed by atoms with Crippen molar-refractivity contribution in [3.63, 3.8) is 0 Å². The molecule has 0 saturated heterocycles. The van der Waals surface area contributed by atoms with Crippen LogP contribution in [0.15, 0.2) is 36.4 Å². The second-order valence-corrected chi connectivity index (χ2v) is 8.32. The second-order valence-electron chi connectivity index (χ2n) is 8.32. The normalized spacial score (nSPS) is 16.1. The molecule has 1 amide bonds. The SMILES string of the molecule is COc1ccc([C@@H](C)N(C)C2COCc3nc(OCCNC(=O)O)c4cc(F)c(F)cc4c32)cc1. The first-order valence-corrected chi connectivity index (χ1v) is 11.1. The lowest BCUT2D eigenvalue weighted by Gasteiger charge is -2.37. The predicted octanol–water partition coefficient (Wildman–Crippen LogP) is 4.43. The summed E-state index contributed by atoms with van der Waals surface area (Å²) in [6.07, 6.45) is -1.18. The molecular formula is C25H27F2N3O5. The van der Waals surface area contributed by atoms with Crippen LogP contribution in [0, 0.1) is 11.6 Å². The maximum atomic E-state index is 14.4. The van der Waals surface area contributed by atoms with E-state index >= 15 is 0 Å². The molecule has 2 N–H and O–H groups in total. The molecule has 0 fully saturated rings. The van der Waals surface area contributed by atoms with E-state index in [9.17, 15) is 13.6 Å². The van der Waals surface area contributed by atoms with Crippen molar-refractivity contribution in [3.05, 3.63) is 64.9 Å². The van der Waals surface area contributed by atoms with Crippen molar-refractivity contribution in [1.82, 2.24) is 15.2 Å². The number of carbonyl (C=O) groups is 1. The van der Waals surface area contributed by atoms with Crippen molar-refractivity contribution >= 4 is 16.9 Å². The zero-order valence-electron chi connectivity index (χ0n) is 19.7. The number of ether oxygens (including phenoxy) is 3. The summed E-state index contributed by atoms with van der Waals surface area (Å²) in [5, 5.41) is 11.7. The number of methoxy groups -OCH3 is 1. The van der Waals surface area contributed by atoms with Gasteiger partial charge in [0.15, 0.2) is 11.6 Å². The van der Waals surface area contributed by atoms with Gasteiger partial charge >= 0.3 is 6.09 Å². The minimum Gasteiger partial charge on any atom is -0.497 e. The quantitative estimate of drug-likeness (QED) is 0.454. The fraction of sp³-hybridized carbons (Fsp3) is 0.360. The molecule has 3 aromatic rings. The number of amides is 1. The van der Waals surface area contributed by atoms with Gasteiger partial charge in [-0.1, -0.05) is 12.1 Å². The Morgan fingerprint density at radius 2 is 1.94 bits per heavy atom. The van der Waals surface area contributed by atoms with Gasteiger partial charge in [0.05, 0.1) is 38.6 Å².